The molecule has 6 rings (SSSR count). The quantitative estimate of drug-likeness (QED) is 0.485. The van der Waals surface area contributed by atoms with E-state index in [1.165, 1.54) is 0 Å². The van der Waals surface area contributed by atoms with E-state index in [-0.39, 0.29) is 6.10 Å². The molecular formula is C24H25N7O2. The van der Waals surface area contributed by atoms with E-state index in [4.69, 9.17) is 9.47 Å². The van der Waals surface area contributed by atoms with Gasteiger partial charge in [-0.2, -0.15) is 5.10 Å². The van der Waals surface area contributed by atoms with Crippen molar-refractivity contribution in [2.75, 3.05) is 18.5 Å². The maximum atomic E-state index is 6.52. The summed E-state index contributed by atoms with van der Waals surface area (Å²) in [7, 11) is 0. The van der Waals surface area contributed by atoms with Gasteiger partial charge in [0.2, 0.25) is 5.95 Å². The van der Waals surface area contributed by atoms with E-state index in [1.807, 2.05) is 29.9 Å². The van der Waals surface area contributed by atoms with Gasteiger partial charge < -0.3 is 20.1 Å². The van der Waals surface area contributed by atoms with Crippen LogP contribution in [0.2, 0.25) is 0 Å². The Hall–Kier alpha value is -3.56. The van der Waals surface area contributed by atoms with Crippen LogP contribution in [0.1, 0.15) is 18.5 Å². The number of pyridine rings is 2. The molecular weight excluding hydrogens is 418 g/mol. The molecule has 6 heterocycles. The minimum Gasteiger partial charge on any atom is -0.488 e. The summed E-state index contributed by atoms with van der Waals surface area (Å²) < 4.78 is 14.0. The molecule has 3 atom stereocenters. The Labute approximate surface area is 191 Å². The minimum atomic E-state index is 0.147. The molecule has 9 heteroatoms. The van der Waals surface area contributed by atoms with E-state index < -0.39 is 0 Å². The van der Waals surface area contributed by atoms with Crippen LogP contribution < -0.4 is 15.4 Å². The number of piperidine rings is 1. The van der Waals surface area contributed by atoms with E-state index in [0.29, 0.717) is 23.8 Å². The van der Waals surface area contributed by atoms with Crippen molar-refractivity contribution in [3.05, 3.63) is 60.8 Å². The molecule has 168 valence electrons. The van der Waals surface area contributed by atoms with Gasteiger partial charge in [0.15, 0.2) is 5.82 Å². The molecule has 0 aromatic carbocycles. The molecule has 4 aromatic heterocycles. The molecule has 33 heavy (non-hydrogen) atoms. The van der Waals surface area contributed by atoms with Crippen LogP contribution in [0.4, 0.5) is 11.8 Å². The Kier molecular flexibility index (Phi) is 5.12. The second kappa shape index (κ2) is 8.42. The molecule has 2 aliphatic rings. The third-order valence-electron chi connectivity index (χ3n) is 6.08. The van der Waals surface area contributed by atoms with E-state index in [1.54, 1.807) is 18.5 Å². The number of morpholine rings is 1. The molecule has 2 bridgehead atoms. The van der Waals surface area contributed by atoms with Crippen LogP contribution in [-0.4, -0.2) is 56.0 Å². The number of aromatic nitrogens is 5. The molecule has 2 fully saturated rings. The number of ether oxygens (including phenoxy) is 2. The lowest BCUT2D eigenvalue weighted by Crippen LogP contribution is -2.56. The lowest BCUT2D eigenvalue weighted by molar-refractivity contribution is -0.0122. The fourth-order valence-corrected chi connectivity index (χ4v) is 4.63. The van der Waals surface area contributed by atoms with Crippen LogP contribution >= 0.6 is 0 Å². The fraction of sp³-hybridized carbons (Fsp3) is 0.333. The molecule has 0 radical (unpaired) electrons. The third kappa shape index (κ3) is 4.24. The van der Waals surface area contributed by atoms with Crippen molar-refractivity contribution in [2.24, 2.45) is 0 Å². The third-order valence-corrected chi connectivity index (χ3v) is 6.08. The van der Waals surface area contributed by atoms with Gasteiger partial charge in [0.1, 0.15) is 11.9 Å². The standard InChI is InChI=1S/C24H25N7O2/c1-15-7-21(22(12-27-15)33-20-9-17-13-32-14-18(10-20)28-17)16-3-6-31-19(8-16)11-23(30-31)29-24-25-4-2-5-26-24/h2-8,11-12,17-18,20,28H,9-10,13-14H2,1H3,(H,25,26,29,30)/t17-,18+,20?. The van der Waals surface area contributed by atoms with E-state index in [0.717, 1.165) is 54.1 Å². The lowest BCUT2D eigenvalue weighted by Gasteiger charge is -2.40. The van der Waals surface area contributed by atoms with Gasteiger partial charge in [-0.3, -0.25) is 4.98 Å². The van der Waals surface area contributed by atoms with E-state index >= 15 is 0 Å². The first-order valence-electron chi connectivity index (χ1n) is 11.2. The molecule has 0 aliphatic carbocycles. The van der Waals surface area contributed by atoms with Crippen molar-refractivity contribution in [3.63, 3.8) is 0 Å². The zero-order valence-electron chi connectivity index (χ0n) is 18.3. The van der Waals surface area contributed by atoms with Gasteiger partial charge in [-0.1, -0.05) is 0 Å². The molecule has 0 amide bonds. The van der Waals surface area contributed by atoms with Gasteiger partial charge in [-0.25, -0.2) is 14.5 Å². The molecule has 1 unspecified atom stereocenters. The van der Waals surface area contributed by atoms with E-state index in [9.17, 15) is 0 Å². The largest absolute Gasteiger partial charge is 0.488 e. The number of nitrogens with zero attached hydrogens (tertiary/aromatic N) is 5. The summed E-state index contributed by atoms with van der Waals surface area (Å²) in [6, 6.07) is 10.7. The topological polar surface area (TPSA) is 98.5 Å². The highest BCUT2D eigenvalue weighted by molar-refractivity contribution is 5.75. The molecule has 2 aliphatic heterocycles. The molecule has 4 aromatic rings. The molecule has 0 saturated carbocycles. The average Bonchev–Trinajstić information content (AvgIpc) is 3.22. The highest BCUT2D eigenvalue weighted by Crippen LogP contribution is 2.34. The van der Waals surface area contributed by atoms with Crippen molar-refractivity contribution in [3.8, 4) is 16.9 Å². The second-order valence-electron chi connectivity index (χ2n) is 8.64. The first kappa shape index (κ1) is 20.1. The molecule has 2 N–H and O–H groups in total. The highest BCUT2D eigenvalue weighted by Gasteiger charge is 2.33. The molecule has 0 spiro atoms. The maximum absolute atomic E-state index is 6.52. The maximum Gasteiger partial charge on any atom is 0.228 e. The van der Waals surface area contributed by atoms with Gasteiger partial charge in [0.25, 0.3) is 0 Å². The fourth-order valence-electron chi connectivity index (χ4n) is 4.63. The summed E-state index contributed by atoms with van der Waals surface area (Å²) in [5.74, 6) is 2.01. The van der Waals surface area contributed by atoms with Crippen molar-refractivity contribution in [1.29, 1.82) is 0 Å². The zero-order valence-corrected chi connectivity index (χ0v) is 18.3. The first-order valence-corrected chi connectivity index (χ1v) is 11.2. The average molecular weight is 444 g/mol. The monoisotopic (exact) mass is 443 g/mol. The summed E-state index contributed by atoms with van der Waals surface area (Å²) in [5.41, 5.74) is 4.00. The summed E-state index contributed by atoms with van der Waals surface area (Å²) in [6.07, 6.45) is 9.20. The summed E-state index contributed by atoms with van der Waals surface area (Å²) in [6.45, 7) is 3.49. The van der Waals surface area contributed by atoms with Crippen LogP contribution in [-0.2, 0) is 4.74 Å². The van der Waals surface area contributed by atoms with Crippen LogP contribution in [0.3, 0.4) is 0 Å². The Morgan fingerprint density at radius 2 is 1.91 bits per heavy atom. The lowest BCUT2D eigenvalue weighted by atomic mass is 9.94. The van der Waals surface area contributed by atoms with Crippen LogP contribution in [0.25, 0.3) is 16.6 Å². The van der Waals surface area contributed by atoms with Crippen LogP contribution in [0.15, 0.2) is 55.1 Å². The molecule has 2 saturated heterocycles. The highest BCUT2D eigenvalue weighted by atomic mass is 16.5. The number of hydrogen-bond acceptors (Lipinski definition) is 8. The smallest absolute Gasteiger partial charge is 0.228 e. The van der Waals surface area contributed by atoms with Gasteiger partial charge in [0.05, 0.1) is 24.9 Å². The van der Waals surface area contributed by atoms with Crippen LogP contribution in [0.5, 0.6) is 5.75 Å². The SMILES string of the molecule is Cc1cc(-c2ccn3nc(Nc4ncccn4)cc3c2)c(OC2C[C@H]3COC[C@@H](C2)N3)cn1. The predicted molar refractivity (Wildman–Crippen MR) is 124 cm³/mol. The van der Waals surface area contributed by atoms with Gasteiger partial charge >= 0.3 is 0 Å². The van der Waals surface area contributed by atoms with Gasteiger partial charge in [-0.15, -0.1) is 0 Å². The second-order valence-corrected chi connectivity index (χ2v) is 8.64. The summed E-state index contributed by atoms with van der Waals surface area (Å²) in [5, 5.41) is 11.3. The van der Waals surface area contributed by atoms with Crippen LogP contribution in [0, 0.1) is 6.92 Å². The minimum absolute atomic E-state index is 0.147. The normalized spacial score (nSPS) is 22.3. The summed E-state index contributed by atoms with van der Waals surface area (Å²) >= 11 is 0. The Balaban J connectivity index is 1.29. The Bertz CT molecular complexity index is 1260. The van der Waals surface area contributed by atoms with Gasteiger partial charge in [0, 0.05) is 60.8 Å². The van der Waals surface area contributed by atoms with Crippen molar-refractivity contribution in [2.45, 2.75) is 38.0 Å². The van der Waals surface area contributed by atoms with Crippen molar-refractivity contribution >= 4 is 17.3 Å². The van der Waals surface area contributed by atoms with Gasteiger partial charge in [-0.05, 0) is 36.8 Å². The number of aryl methyl sites for hydroxylation is 1. The van der Waals surface area contributed by atoms with Crippen molar-refractivity contribution in [1.82, 2.24) is 29.9 Å². The molecule has 9 nitrogen and oxygen atoms in total. The summed E-state index contributed by atoms with van der Waals surface area (Å²) in [4.78, 5) is 12.9. The predicted octanol–water partition coefficient (Wildman–Crippen LogP) is 3.14. The van der Waals surface area contributed by atoms with E-state index in [2.05, 4.69) is 48.9 Å². The number of anilines is 2. The Morgan fingerprint density at radius 3 is 2.73 bits per heavy atom. The number of nitrogens with one attached hydrogen (secondary N) is 2. The zero-order chi connectivity index (χ0) is 22.2. The van der Waals surface area contributed by atoms with Crippen molar-refractivity contribution < 1.29 is 9.47 Å². The Morgan fingerprint density at radius 1 is 1.09 bits per heavy atom. The number of fused-ring (bicyclic) bond motifs is 3. The first-order chi connectivity index (χ1) is 16.2. The number of rotatable bonds is 5. The number of hydrogen-bond donors (Lipinski definition) is 2.